The van der Waals surface area contributed by atoms with Crippen molar-refractivity contribution in [2.45, 2.75) is 13.0 Å². The van der Waals surface area contributed by atoms with E-state index in [-0.39, 0.29) is 12.3 Å². The Morgan fingerprint density at radius 3 is 2.79 bits per heavy atom. The van der Waals surface area contributed by atoms with E-state index in [2.05, 4.69) is 0 Å². The SMILES string of the molecule is CCOc1ccc(O)cc1[C@@H](O)CN. The van der Waals surface area contributed by atoms with Crippen LogP contribution in [0.1, 0.15) is 18.6 Å². The monoisotopic (exact) mass is 197 g/mol. The molecular weight excluding hydrogens is 182 g/mol. The summed E-state index contributed by atoms with van der Waals surface area (Å²) in [5.41, 5.74) is 5.85. The van der Waals surface area contributed by atoms with Crippen molar-refractivity contribution in [1.29, 1.82) is 0 Å². The fourth-order valence-electron chi connectivity index (χ4n) is 1.21. The molecule has 0 unspecified atom stereocenters. The third kappa shape index (κ3) is 2.37. The van der Waals surface area contributed by atoms with Gasteiger partial charge in [0, 0.05) is 12.1 Å². The minimum atomic E-state index is -0.802. The first-order valence-corrected chi connectivity index (χ1v) is 4.52. The zero-order valence-electron chi connectivity index (χ0n) is 8.10. The summed E-state index contributed by atoms with van der Waals surface area (Å²) in [6.07, 6.45) is -0.802. The smallest absolute Gasteiger partial charge is 0.125 e. The molecule has 4 heteroatoms. The fraction of sp³-hybridized carbons (Fsp3) is 0.400. The highest BCUT2D eigenvalue weighted by atomic mass is 16.5. The number of aliphatic hydroxyl groups excluding tert-OH is 1. The quantitative estimate of drug-likeness (QED) is 0.666. The van der Waals surface area contributed by atoms with E-state index in [4.69, 9.17) is 10.5 Å². The first-order chi connectivity index (χ1) is 6.69. The number of nitrogens with two attached hydrogens (primary N) is 1. The van der Waals surface area contributed by atoms with E-state index in [0.29, 0.717) is 17.9 Å². The summed E-state index contributed by atoms with van der Waals surface area (Å²) in [7, 11) is 0. The minimum absolute atomic E-state index is 0.0935. The van der Waals surface area contributed by atoms with Gasteiger partial charge in [0.1, 0.15) is 11.5 Å². The number of phenolic OH excluding ortho intramolecular Hbond substituents is 1. The van der Waals surface area contributed by atoms with Gasteiger partial charge < -0.3 is 20.7 Å². The minimum Gasteiger partial charge on any atom is -0.508 e. The second kappa shape index (κ2) is 4.83. The van der Waals surface area contributed by atoms with Crippen molar-refractivity contribution in [2.75, 3.05) is 13.2 Å². The molecule has 0 heterocycles. The lowest BCUT2D eigenvalue weighted by Gasteiger charge is -2.14. The normalized spacial score (nSPS) is 12.5. The van der Waals surface area contributed by atoms with Crippen molar-refractivity contribution < 1.29 is 14.9 Å². The molecule has 1 aromatic rings. The lowest BCUT2D eigenvalue weighted by atomic mass is 10.1. The van der Waals surface area contributed by atoms with Gasteiger partial charge in [-0.2, -0.15) is 0 Å². The van der Waals surface area contributed by atoms with E-state index in [1.165, 1.54) is 12.1 Å². The van der Waals surface area contributed by atoms with Crippen LogP contribution < -0.4 is 10.5 Å². The number of phenols is 1. The maximum atomic E-state index is 9.55. The van der Waals surface area contributed by atoms with Crippen LogP contribution in [-0.2, 0) is 0 Å². The highest BCUT2D eigenvalue weighted by molar-refractivity contribution is 5.41. The zero-order valence-corrected chi connectivity index (χ0v) is 8.10. The third-order valence-electron chi connectivity index (χ3n) is 1.88. The van der Waals surface area contributed by atoms with Gasteiger partial charge in [0.15, 0.2) is 0 Å². The van der Waals surface area contributed by atoms with Gasteiger partial charge in [-0.1, -0.05) is 0 Å². The summed E-state index contributed by atoms with van der Waals surface area (Å²) in [5, 5.41) is 18.8. The molecule has 0 saturated heterocycles. The van der Waals surface area contributed by atoms with E-state index >= 15 is 0 Å². The van der Waals surface area contributed by atoms with Crippen LogP contribution in [0, 0.1) is 0 Å². The number of aliphatic hydroxyl groups is 1. The van der Waals surface area contributed by atoms with Crippen LogP contribution in [0.5, 0.6) is 11.5 Å². The van der Waals surface area contributed by atoms with Crippen molar-refractivity contribution >= 4 is 0 Å². The molecule has 0 fully saturated rings. The van der Waals surface area contributed by atoms with Gasteiger partial charge >= 0.3 is 0 Å². The standard InChI is InChI=1S/C10H15NO3/c1-2-14-10-4-3-7(12)5-8(10)9(13)6-11/h3-5,9,12-13H,2,6,11H2,1H3/t9-/m0/s1. The summed E-state index contributed by atoms with van der Waals surface area (Å²) in [4.78, 5) is 0. The van der Waals surface area contributed by atoms with E-state index in [9.17, 15) is 10.2 Å². The zero-order chi connectivity index (χ0) is 10.6. The lowest BCUT2D eigenvalue weighted by Crippen LogP contribution is -2.12. The number of ether oxygens (including phenoxy) is 1. The summed E-state index contributed by atoms with van der Waals surface area (Å²) in [5.74, 6) is 0.652. The van der Waals surface area contributed by atoms with Gasteiger partial charge in [0.25, 0.3) is 0 Å². The second-order valence-electron chi connectivity index (χ2n) is 2.91. The molecule has 0 radical (unpaired) electrons. The molecule has 4 nitrogen and oxygen atoms in total. The van der Waals surface area contributed by atoms with Crippen molar-refractivity contribution in [3.05, 3.63) is 23.8 Å². The molecule has 0 aromatic heterocycles. The average molecular weight is 197 g/mol. The Morgan fingerprint density at radius 1 is 1.50 bits per heavy atom. The highest BCUT2D eigenvalue weighted by Gasteiger charge is 2.12. The van der Waals surface area contributed by atoms with Gasteiger partial charge in [0.2, 0.25) is 0 Å². The van der Waals surface area contributed by atoms with Gasteiger partial charge in [0.05, 0.1) is 12.7 Å². The van der Waals surface area contributed by atoms with Crippen LogP contribution in [-0.4, -0.2) is 23.4 Å². The maximum Gasteiger partial charge on any atom is 0.125 e. The molecular formula is C10H15NO3. The molecule has 1 atom stereocenters. The Balaban J connectivity index is 3.02. The first kappa shape index (κ1) is 10.8. The summed E-state index contributed by atoms with van der Waals surface area (Å²) >= 11 is 0. The van der Waals surface area contributed by atoms with Gasteiger partial charge in [-0.05, 0) is 25.1 Å². The predicted molar refractivity (Wildman–Crippen MR) is 53.3 cm³/mol. The molecule has 4 N–H and O–H groups in total. The van der Waals surface area contributed by atoms with Crippen LogP contribution in [0.3, 0.4) is 0 Å². The van der Waals surface area contributed by atoms with Crippen LogP contribution >= 0.6 is 0 Å². The fourth-order valence-corrected chi connectivity index (χ4v) is 1.21. The van der Waals surface area contributed by atoms with Gasteiger partial charge in [-0.3, -0.25) is 0 Å². The Bertz CT molecular complexity index is 301. The van der Waals surface area contributed by atoms with Gasteiger partial charge in [-0.25, -0.2) is 0 Å². The van der Waals surface area contributed by atoms with Crippen molar-refractivity contribution in [3.63, 3.8) is 0 Å². The molecule has 1 aromatic carbocycles. The number of benzene rings is 1. The lowest BCUT2D eigenvalue weighted by molar-refractivity contribution is 0.180. The molecule has 14 heavy (non-hydrogen) atoms. The molecule has 78 valence electrons. The van der Waals surface area contributed by atoms with Crippen molar-refractivity contribution in [2.24, 2.45) is 5.73 Å². The van der Waals surface area contributed by atoms with E-state index in [1.807, 2.05) is 6.92 Å². The molecule has 0 aliphatic rings. The molecule has 0 spiro atoms. The average Bonchev–Trinajstić information content (AvgIpc) is 2.20. The second-order valence-corrected chi connectivity index (χ2v) is 2.91. The molecule has 0 amide bonds. The summed E-state index contributed by atoms with van der Waals surface area (Å²) in [6, 6.07) is 4.59. The van der Waals surface area contributed by atoms with Crippen molar-refractivity contribution in [3.8, 4) is 11.5 Å². The number of hydrogen-bond donors (Lipinski definition) is 3. The van der Waals surface area contributed by atoms with E-state index in [0.717, 1.165) is 0 Å². The number of aromatic hydroxyl groups is 1. The third-order valence-corrected chi connectivity index (χ3v) is 1.88. The van der Waals surface area contributed by atoms with Crippen LogP contribution in [0.2, 0.25) is 0 Å². The number of rotatable bonds is 4. The number of hydrogen-bond acceptors (Lipinski definition) is 4. The Labute approximate surface area is 82.9 Å². The highest BCUT2D eigenvalue weighted by Crippen LogP contribution is 2.28. The Kier molecular flexibility index (Phi) is 3.73. The Hall–Kier alpha value is -1.26. The largest absolute Gasteiger partial charge is 0.508 e. The van der Waals surface area contributed by atoms with E-state index in [1.54, 1.807) is 6.07 Å². The molecule has 0 aliphatic carbocycles. The topological polar surface area (TPSA) is 75.7 Å². The molecule has 1 rings (SSSR count). The van der Waals surface area contributed by atoms with Crippen LogP contribution in [0.25, 0.3) is 0 Å². The molecule has 0 bridgehead atoms. The molecule has 0 aliphatic heterocycles. The van der Waals surface area contributed by atoms with Crippen molar-refractivity contribution in [1.82, 2.24) is 0 Å². The molecule has 0 saturated carbocycles. The first-order valence-electron chi connectivity index (χ1n) is 4.52. The van der Waals surface area contributed by atoms with E-state index < -0.39 is 6.10 Å². The van der Waals surface area contributed by atoms with Crippen LogP contribution in [0.15, 0.2) is 18.2 Å². The summed E-state index contributed by atoms with van der Waals surface area (Å²) < 4.78 is 5.29. The van der Waals surface area contributed by atoms with Gasteiger partial charge in [-0.15, -0.1) is 0 Å². The maximum absolute atomic E-state index is 9.55. The predicted octanol–water partition coefficient (Wildman–Crippen LogP) is 0.783. The van der Waals surface area contributed by atoms with Crippen LogP contribution in [0.4, 0.5) is 0 Å². The summed E-state index contributed by atoms with van der Waals surface area (Å²) in [6.45, 7) is 2.46. The Morgan fingerprint density at radius 2 is 2.21 bits per heavy atom.